The second-order valence-corrected chi connectivity index (χ2v) is 6.93. The first kappa shape index (κ1) is 22.0. The van der Waals surface area contributed by atoms with Gasteiger partial charge in [0.15, 0.2) is 0 Å². The number of carbonyl (C=O) groups is 2. The van der Waals surface area contributed by atoms with E-state index in [1.54, 1.807) is 67.8 Å². The van der Waals surface area contributed by atoms with Gasteiger partial charge in [0.05, 0.1) is 24.9 Å². The fourth-order valence-electron chi connectivity index (χ4n) is 3.00. The van der Waals surface area contributed by atoms with Gasteiger partial charge in [-0.2, -0.15) is 0 Å². The average molecular weight is 421 g/mol. The summed E-state index contributed by atoms with van der Waals surface area (Å²) >= 11 is 0. The molecule has 0 heterocycles. The smallest absolute Gasteiger partial charge is 0.257 e. The molecule has 0 radical (unpaired) electrons. The Bertz CT molecular complexity index is 1050. The van der Waals surface area contributed by atoms with Gasteiger partial charge in [0.2, 0.25) is 5.91 Å². The molecule has 7 heteroatoms. The minimum absolute atomic E-state index is 0.00606. The Morgan fingerprint density at radius 2 is 1.71 bits per heavy atom. The molecule has 0 spiro atoms. The van der Waals surface area contributed by atoms with Crippen molar-refractivity contribution in [1.29, 1.82) is 0 Å². The summed E-state index contributed by atoms with van der Waals surface area (Å²) in [4.78, 5) is 25.1. The molecule has 0 aliphatic carbocycles. The van der Waals surface area contributed by atoms with E-state index in [4.69, 9.17) is 4.74 Å². The van der Waals surface area contributed by atoms with Crippen molar-refractivity contribution >= 4 is 23.2 Å². The predicted octanol–water partition coefficient (Wildman–Crippen LogP) is 4.38. The summed E-state index contributed by atoms with van der Waals surface area (Å²) in [6.07, 6.45) is 0. The standard InChI is InChI=1S/C24H24FN3O3/c1-16(17-6-5-7-18(25)14-17)26-15-23(29)28-22-9-4-3-8-21(22)24(30)27-19-10-12-20(31-2)13-11-19/h3-14,16,26H,15H2,1-2H3,(H,27,30)(H,28,29)/t16-/m1/s1. The Labute approximate surface area is 180 Å². The molecule has 0 fully saturated rings. The maximum atomic E-state index is 13.4. The van der Waals surface area contributed by atoms with Gasteiger partial charge >= 0.3 is 0 Å². The lowest BCUT2D eigenvalue weighted by atomic mass is 10.1. The van der Waals surface area contributed by atoms with Crippen LogP contribution < -0.4 is 20.7 Å². The van der Waals surface area contributed by atoms with Crippen molar-refractivity contribution < 1.29 is 18.7 Å². The topological polar surface area (TPSA) is 79.5 Å². The Balaban J connectivity index is 1.61. The quantitative estimate of drug-likeness (QED) is 0.504. The van der Waals surface area contributed by atoms with E-state index in [-0.39, 0.29) is 30.2 Å². The third-order valence-corrected chi connectivity index (χ3v) is 4.71. The van der Waals surface area contributed by atoms with E-state index in [0.29, 0.717) is 22.7 Å². The van der Waals surface area contributed by atoms with Crippen LogP contribution >= 0.6 is 0 Å². The minimum Gasteiger partial charge on any atom is -0.497 e. The van der Waals surface area contributed by atoms with E-state index >= 15 is 0 Å². The largest absolute Gasteiger partial charge is 0.497 e. The maximum absolute atomic E-state index is 13.4. The van der Waals surface area contributed by atoms with E-state index in [2.05, 4.69) is 16.0 Å². The summed E-state index contributed by atoms with van der Waals surface area (Å²) in [5, 5.41) is 8.61. The number of rotatable bonds is 8. The number of halogens is 1. The lowest BCUT2D eigenvalue weighted by Crippen LogP contribution is -2.30. The van der Waals surface area contributed by atoms with Crippen LogP contribution in [0.5, 0.6) is 5.75 Å². The molecule has 3 aromatic carbocycles. The van der Waals surface area contributed by atoms with Gasteiger partial charge in [0.25, 0.3) is 5.91 Å². The van der Waals surface area contributed by atoms with Crippen LogP contribution in [0.3, 0.4) is 0 Å². The van der Waals surface area contributed by atoms with Gasteiger partial charge < -0.3 is 20.7 Å². The van der Waals surface area contributed by atoms with Crippen LogP contribution in [0.15, 0.2) is 72.8 Å². The number of nitrogens with one attached hydrogen (secondary N) is 3. The number of ether oxygens (including phenoxy) is 1. The van der Waals surface area contributed by atoms with Gasteiger partial charge in [-0.25, -0.2) is 4.39 Å². The second kappa shape index (κ2) is 10.4. The molecule has 0 saturated heterocycles. The zero-order valence-electron chi connectivity index (χ0n) is 17.3. The highest BCUT2D eigenvalue weighted by Gasteiger charge is 2.14. The number of carbonyl (C=O) groups excluding carboxylic acids is 2. The summed E-state index contributed by atoms with van der Waals surface area (Å²) in [6.45, 7) is 1.85. The summed E-state index contributed by atoms with van der Waals surface area (Å²) in [5.74, 6) is -0.298. The Morgan fingerprint density at radius 3 is 2.42 bits per heavy atom. The molecule has 0 unspecified atom stereocenters. The number of benzene rings is 3. The van der Waals surface area contributed by atoms with Crippen molar-refractivity contribution in [3.63, 3.8) is 0 Å². The molecule has 3 rings (SSSR count). The molecule has 160 valence electrons. The van der Waals surface area contributed by atoms with Crippen molar-refractivity contribution in [3.05, 3.63) is 89.7 Å². The summed E-state index contributed by atoms with van der Waals surface area (Å²) < 4.78 is 18.5. The second-order valence-electron chi connectivity index (χ2n) is 6.93. The van der Waals surface area contributed by atoms with Crippen LogP contribution in [0, 0.1) is 5.82 Å². The van der Waals surface area contributed by atoms with Crippen LogP contribution in [-0.2, 0) is 4.79 Å². The van der Waals surface area contributed by atoms with Crippen LogP contribution in [0.4, 0.5) is 15.8 Å². The lowest BCUT2D eigenvalue weighted by molar-refractivity contribution is -0.115. The fourth-order valence-corrected chi connectivity index (χ4v) is 3.00. The molecular formula is C24H24FN3O3. The van der Waals surface area contributed by atoms with Gasteiger partial charge in [-0.3, -0.25) is 9.59 Å². The minimum atomic E-state index is -0.345. The molecule has 3 aromatic rings. The molecule has 0 bridgehead atoms. The normalized spacial score (nSPS) is 11.5. The van der Waals surface area contributed by atoms with Crippen molar-refractivity contribution in [2.45, 2.75) is 13.0 Å². The Kier molecular flexibility index (Phi) is 7.35. The fraction of sp³-hybridized carbons (Fsp3) is 0.167. The molecule has 3 N–H and O–H groups in total. The van der Waals surface area contributed by atoms with Crippen LogP contribution in [-0.4, -0.2) is 25.5 Å². The third kappa shape index (κ3) is 6.13. The van der Waals surface area contributed by atoms with Crippen molar-refractivity contribution in [3.8, 4) is 5.75 Å². The molecule has 1 atom stereocenters. The number of methoxy groups -OCH3 is 1. The highest BCUT2D eigenvalue weighted by molar-refractivity contribution is 6.10. The molecule has 0 aliphatic heterocycles. The van der Waals surface area contributed by atoms with Crippen LogP contribution in [0.2, 0.25) is 0 Å². The van der Waals surface area contributed by atoms with Gasteiger partial charge in [0, 0.05) is 11.7 Å². The van der Waals surface area contributed by atoms with Gasteiger partial charge in [-0.1, -0.05) is 24.3 Å². The number of para-hydroxylation sites is 1. The highest BCUT2D eigenvalue weighted by atomic mass is 19.1. The zero-order valence-corrected chi connectivity index (χ0v) is 17.3. The molecule has 0 aliphatic rings. The first-order valence-electron chi connectivity index (χ1n) is 9.79. The third-order valence-electron chi connectivity index (χ3n) is 4.71. The van der Waals surface area contributed by atoms with E-state index in [0.717, 1.165) is 5.56 Å². The first-order valence-corrected chi connectivity index (χ1v) is 9.79. The predicted molar refractivity (Wildman–Crippen MR) is 119 cm³/mol. The lowest BCUT2D eigenvalue weighted by Gasteiger charge is -2.15. The highest BCUT2D eigenvalue weighted by Crippen LogP contribution is 2.20. The maximum Gasteiger partial charge on any atom is 0.257 e. The Morgan fingerprint density at radius 1 is 0.968 bits per heavy atom. The number of hydrogen-bond donors (Lipinski definition) is 3. The van der Waals surface area contributed by atoms with Crippen LogP contribution in [0.25, 0.3) is 0 Å². The first-order chi connectivity index (χ1) is 15.0. The molecule has 0 aromatic heterocycles. The molecule has 2 amide bonds. The molecule has 6 nitrogen and oxygen atoms in total. The zero-order chi connectivity index (χ0) is 22.2. The van der Waals surface area contributed by atoms with E-state index in [1.807, 2.05) is 6.92 Å². The van der Waals surface area contributed by atoms with Gasteiger partial charge in [-0.15, -0.1) is 0 Å². The number of hydrogen-bond acceptors (Lipinski definition) is 4. The number of amides is 2. The van der Waals surface area contributed by atoms with Crippen molar-refractivity contribution in [2.75, 3.05) is 24.3 Å². The number of anilines is 2. The molecule has 0 saturated carbocycles. The Hall–Kier alpha value is -3.71. The SMILES string of the molecule is COc1ccc(NC(=O)c2ccccc2NC(=O)CN[C@H](C)c2cccc(F)c2)cc1. The molecular weight excluding hydrogens is 397 g/mol. The summed E-state index contributed by atoms with van der Waals surface area (Å²) in [7, 11) is 1.57. The van der Waals surface area contributed by atoms with Gasteiger partial charge in [-0.05, 0) is 61.0 Å². The van der Waals surface area contributed by atoms with Crippen molar-refractivity contribution in [2.24, 2.45) is 0 Å². The molecule has 31 heavy (non-hydrogen) atoms. The van der Waals surface area contributed by atoms with Crippen molar-refractivity contribution in [1.82, 2.24) is 5.32 Å². The van der Waals surface area contributed by atoms with E-state index < -0.39 is 0 Å². The summed E-state index contributed by atoms with van der Waals surface area (Å²) in [6, 6.07) is 19.7. The average Bonchev–Trinajstić information content (AvgIpc) is 2.78. The van der Waals surface area contributed by atoms with Crippen LogP contribution in [0.1, 0.15) is 28.9 Å². The van der Waals surface area contributed by atoms with Gasteiger partial charge in [0.1, 0.15) is 11.6 Å². The van der Waals surface area contributed by atoms with E-state index in [1.165, 1.54) is 12.1 Å². The monoisotopic (exact) mass is 421 g/mol. The summed E-state index contributed by atoms with van der Waals surface area (Å²) in [5.41, 5.74) is 2.09. The van der Waals surface area contributed by atoms with E-state index in [9.17, 15) is 14.0 Å².